The highest BCUT2D eigenvalue weighted by Crippen LogP contribution is 2.38. The van der Waals surface area contributed by atoms with Crippen LogP contribution in [0.25, 0.3) is 0 Å². The zero-order valence-corrected chi connectivity index (χ0v) is 18.2. The number of hydrogen-bond donors (Lipinski definition) is 1. The van der Waals surface area contributed by atoms with Gasteiger partial charge in [-0.25, -0.2) is 12.8 Å². The molecular formula is C20H25FN2O6S. The molecule has 0 unspecified atom stereocenters. The second-order valence-electron chi connectivity index (χ2n) is 6.44. The van der Waals surface area contributed by atoms with E-state index in [1.165, 1.54) is 46.5 Å². The Labute approximate surface area is 175 Å². The third kappa shape index (κ3) is 5.12. The minimum Gasteiger partial charge on any atom is -0.493 e. The van der Waals surface area contributed by atoms with E-state index in [0.717, 1.165) is 16.6 Å². The summed E-state index contributed by atoms with van der Waals surface area (Å²) in [5.41, 5.74) is 0.442. The molecule has 1 atom stereocenters. The standard InChI is InChI=1S/C20H25FN2O6S/c1-13(23(30(5,25)26)16-9-7-6-8-15(16)21)20(24)22-12-14-10-17(27-2)19(29-4)18(11-14)28-3/h6-11,13H,12H2,1-5H3,(H,22,24)/t13-/m1/s1. The molecule has 1 amide bonds. The van der Waals surface area contributed by atoms with Gasteiger partial charge in [0.2, 0.25) is 21.7 Å². The van der Waals surface area contributed by atoms with Gasteiger partial charge in [-0.1, -0.05) is 12.1 Å². The lowest BCUT2D eigenvalue weighted by atomic mass is 10.1. The molecule has 164 valence electrons. The Balaban J connectivity index is 2.25. The molecule has 0 saturated heterocycles. The highest BCUT2D eigenvalue weighted by Gasteiger charge is 2.30. The monoisotopic (exact) mass is 440 g/mol. The smallest absolute Gasteiger partial charge is 0.243 e. The van der Waals surface area contributed by atoms with Crippen molar-refractivity contribution in [2.75, 3.05) is 31.9 Å². The Morgan fingerprint density at radius 3 is 2.13 bits per heavy atom. The van der Waals surface area contributed by atoms with Crippen LogP contribution in [0.4, 0.5) is 10.1 Å². The van der Waals surface area contributed by atoms with E-state index in [1.807, 2.05) is 0 Å². The molecule has 0 radical (unpaired) electrons. The predicted molar refractivity (Wildman–Crippen MR) is 111 cm³/mol. The van der Waals surface area contributed by atoms with Gasteiger partial charge < -0.3 is 19.5 Å². The van der Waals surface area contributed by atoms with Crippen LogP contribution in [0.3, 0.4) is 0 Å². The van der Waals surface area contributed by atoms with E-state index < -0.39 is 27.8 Å². The molecule has 10 heteroatoms. The van der Waals surface area contributed by atoms with E-state index in [0.29, 0.717) is 22.8 Å². The van der Waals surface area contributed by atoms with Gasteiger partial charge in [-0.2, -0.15) is 0 Å². The fraction of sp³-hybridized carbons (Fsp3) is 0.350. The van der Waals surface area contributed by atoms with Crippen molar-refractivity contribution in [1.82, 2.24) is 5.32 Å². The number of amides is 1. The number of halogens is 1. The number of para-hydroxylation sites is 1. The van der Waals surface area contributed by atoms with Crippen LogP contribution >= 0.6 is 0 Å². The first-order valence-corrected chi connectivity index (χ1v) is 10.8. The van der Waals surface area contributed by atoms with Gasteiger partial charge in [-0.3, -0.25) is 9.10 Å². The van der Waals surface area contributed by atoms with Crippen LogP contribution in [-0.4, -0.2) is 48.0 Å². The second-order valence-corrected chi connectivity index (χ2v) is 8.30. The summed E-state index contributed by atoms with van der Waals surface area (Å²) in [7, 11) is 0.501. The summed E-state index contributed by atoms with van der Waals surface area (Å²) < 4.78 is 55.3. The van der Waals surface area contributed by atoms with E-state index in [1.54, 1.807) is 12.1 Å². The molecule has 2 rings (SSSR count). The molecule has 0 saturated carbocycles. The van der Waals surface area contributed by atoms with Crippen molar-refractivity contribution in [2.24, 2.45) is 0 Å². The molecule has 8 nitrogen and oxygen atoms in total. The molecule has 2 aromatic rings. The number of ether oxygens (including phenoxy) is 3. The molecule has 0 spiro atoms. The minimum absolute atomic E-state index is 0.0642. The number of benzene rings is 2. The highest BCUT2D eigenvalue weighted by molar-refractivity contribution is 7.92. The van der Waals surface area contributed by atoms with Gasteiger partial charge in [-0.15, -0.1) is 0 Å². The largest absolute Gasteiger partial charge is 0.493 e. The lowest BCUT2D eigenvalue weighted by Gasteiger charge is -2.28. The number of nitrogens with one attached hydrogen (secondary N) is 1. The summed E-state index contributed by atoms with van der Waals surface area (Å²) in [5, 5.41) is 2.66. The van der Waals surface area contributed by atoms with Crippen molar-refractivity contribution >= 4 is 21.6 Å². The van der Waals surface area contributed by atoms with E-state index in [2.05, 4.69) is 5.32 Å². The number of anilines is 1. The Morgan fingerprint density at radius 1 is 1.10 bits per heavy atom. The van der Waals surface area contributed by atoms with Crippen LogP contribution in [-0.2, 0) is 21.4 Å². The molecule has 30 heavy (non-hydrogen) atoms. The Hall–Kier alpha value is -3.01. The molecular weight excluding hydrogens is 415 g/mol. The van der Waals surface area contributed by atoms with Crippen molar-refractivity contribution in [3.8, 4) is 17.2 Å². The number of nitrogens with zero attached hydrogens (tertiary/aromatic N) is 1. The van der Waals surface area contributed by atoms with Gasteiger partial charge in [0.05, 0.1) is 33.3 Å². The van der Waals surface area contributed by atoms with Gasteiger partial charge >= 0.3 is 0 Å². The maximum atomic E-state index is 14.2. The summed E-state index contributed by atoms with van der Waals surface area (Å²) in [4.78, 5) is 12.7. The maximum absolute atomic E-state index is 14.2. The quantitative estimate of drug-likeness (QED) is 0.643. The highest BCUT2D eigenvalue weighted by atomic mass is 32.2. The number of methoxy groups -OCH3 is 3. The fourth-order valence-corrected chi connectivity index (χ4v) is 4.16. The Kier molecular flexibility index (Phi) is 7.49. The molecule has 0 bridgehead atoms. The maximum Gasteiger partial charge on any atom is 0.243 e. The summed E-state index contributed by atoms with van der Waals surface area (Å²) in [5.74, 6) is -0.104. The first-order chi connectivity index (χ1) is 14.1. The molecule has 0 aliphatic carbocycles. The zero-order chi connectivity index (χ0) is 22.5. The number of carbonyl (C=O) groups excluding carboxylic acids is 1. The first kappa shape index (κ1) is 23.3. The second kappa shape index (κ2) is 9.66. The lowest BCUT2D eigenvalue weighted by Crippen LogP contribution is -2.48. The molecule has 2 aromatic carbocycles. The summed E-state index contributed by atoms with van der Waals surface area (Å²) in [6.45, 7) is 1.45. The summed E-state index contributed by atoms with van der Waals surface area (Å²) >= 11 is 0. The van der Waals surface area contributed by atoms with Crippen LogP contribution in [0.5, 0.6) is 17.2 Å². The number of hydrogen-bond acceptors (Lipinski definition) is 6. The van der Waals surface area contributed by atoms with E-state index in [4.69, 9.17) is 14.2 Å². The van der Waals surface area contributed by atoms with E-state index in [-0.39, 0.29) is 12.2 Å². The van der Waals surface area contributed by atoms with Crippen LogP contribution in [0.2, 0.25) is 0 Å². The molecule has 0 fully saturated rings. The SMILES string of the molecule is COc1cc(CNC(=O)[C@@H](C)N(c2ccccc2F)S(C)(=O)=O)cc(OC)c1OC. The molecule has 0 heterocycles. The van der Waals surface area contributed by atoms with Crippen molar-refractivity contribution in [1.29, 1.82) is 0 Å². The molecule has 0 aliphatic heterocycles. The normalized spacial score (nSPS) is 12.1. The van der Waals surface area contributed by atoms with E-state index in [9.17, 15) is 17.6 Å². The number of rotatable bonds is 9. The van der Waals surface area contributed by atoms with Crippen LogP contribution in [0, 0.1) is 5.82 Å². The van der Waals surface area contributed by atoms with Crippen LogP contribution < -0.4 is 23.8 Å². The molecule has 1 N–H and O–H groups in total. The van der Waals surface area contributed by atoms with Gasteiger partial charge in [-0.05, 0) is 36.8 Å². The van der Waals surface area contributed by atoms with Crippen molar-refractivity contribution in [3.63, 3.8) is 0 Å². The van der Waals surface area contributed by atoms with Crippen LogP contribution in [0.1, 0.15) is 12.5 Å². The van der Waals surface area contributed by atoms with Crippen molar-refractivity contribution in [3.05, 3.63) is 47.8 Å². The minimum atomic E-state index is -3.92. The third-order valence-electron chi connectivity index (χ3n) is 4.37. The third-order valence-corrected chi connectivity index (χ3v) is 5.60. The predicted octanol–water partition coefficient (Wildman–Crippen LogP) is 2.32. The Morgan fingerprint density at radius 2 is 1.67 bits per heavy atom. The van der Waals surface area contributed by atoms with Crippen molar-refractivity contribution < 1.29 is 31.8 Å². The lowest BCUT2D eigenvalue weighted by molar-refractivity contribution is -0.122. The molecule has 0 aromatic heterocycles. The zero-order valence-electron chi connectivity index (χ0n) is 17.4. The van der Waals surface area contributed by atoms with Gasteiger partial charge in [0, 0.05) is 6.54 Å². The molecule has 0 aliphatic rings. The number of sulfonamides is 1. The number of carbonyl (C=O) groups is 1. The summed E-state index contributed by atoms with van der Waals surface area (Å²) in [6.07, 6.45) is 0.919. The average molecular weight is 440 g/mol. The summed E-state index contributed by atoms with van der Waals surface area (Å²) in [6, 6.07) is 7.52. The Bertz CT molecular complexity index is 987. The first-order valence-electron chi connectivity index (χ1n) is 8.94. The van der Waals surface area contributed by atoms with Crippen molar-refractivity contribution in [2.45, 2.75) is 19.5 Å². The fourth-order valence-electron chi connectivity index (χ4n) is 2.99. The van der Waals surface area contributed by atoms with Gasteiger partial charge in [0.1, 0.15) is 11.9 Å². The van der Waals surface area contributed by atoms with Gasteiger partial charge in [0.15, 0.2) is 11.5 Å². The van der Waals surface area contributed by atoms with Gasteiger partial charge in [0.25, 0.3) is 0 Å². The average Bonchev–Trinajstić information content (AvgIpc) is 2.71. The van der Waals surface area contributed by atoms with Crippen LogP contribution in [0.15, 0.2) is 36.4 Å². The topological polar surface area (TPSA) is 94.2 Å². The van der Waals surface area contributed by atoms with E-state index >= 15 is 0 Å².